The van der Waals surface area contributed by atoms with Gasteiger partial charge in [-0.1, -0.05) is 167 Å². The highest BCUT2D eigenvalue weighted by atomic mass is 15.1. The Morgan fingerprint density at radius 2 is 0.946 bits per heavy atom. The van der Waals surface area contributed by atoms with Gasteiger partial charge in [-0.25, -0.2) is 4.98 Å². The number of imidazole rings is 1. The molecular formula is C35H61N2+. The van der Waals surface area contributed by atoms with Crippen LogP contribution in [0.15, 0.2) is 42.7 Å². The predicted molar refractivity (Wildman–Crippen MR) is 163 cm³/mol. The number of nitrogens with zero attached hydrogens (tertiary/aromatic N) is 1. The van der Waals surface area contributed by atoms with Crippen LogP contribution in [0.5, 0.6) is 0 Å². The van der Waals surface area contributed by atoms with E-state index in [0.717, 1.165) is 0 Å². The maximum Gasteiger partial charge on any atom is 0.262 e. The lowest BCUT2D eigenvalue weighted by atomic mass is 9.93. The Bertz CT molecular complexity index is 735. The van der Waals surface area contributed by atoms with Crippen LogP contribution in [-0.4, -0.2) is 4.98 Å². The molecule has 1 aromatic carbocycles. The van der Waals surface area contributed by atoms with Crippen molar-refractivity contribution in [1.29, 1.82) is 0 Å². The molecular weight excluding hydrogens is 448 g/mol. The first-order chi connectivity index (χ1) is 18.4. The summed E-state index contributed by atoms with van der Waals surface area (Å²) in [6.07, 6.45) is 36.8. The van der Waals surface area contributed by atoms with Crippen LogP contribution in [0.4, 0.5) is 0 Å². The minimum Gasteiger partial charge on any atom is -0.247 e. The molecule has 0 saturated heterocycles. The number of H-pyrrole nitrogens is 1. The number of unbranched alkanes of at least 4 members (excludes halogenated alkanes) is 19. The molecule has 1 N–H and O–H groups in total. The predicted octanol–water partition coefficient (Wildman–Crippen LogP) is 11.4. The summed E-state index contributed by atoms with van der Waals surface area (Å²) in [6.45, 7) is 4.61. The van der Waals surface area contributed by atoms with Crippen molar-refractivity contribution < 1.29 is 4.57 Å². The molecule has 0 unspecified atom stereocenters. The topological polar surface area (TPSA) is 19.7 Å². The van der Waals surface area contributed by atoms with Gasteiger partial charge < -0.3 is 0 Å². The lowest BCUT2D eigenvalue weighted by Crippen LogP contribution is -2.34. The number of aromatic nitrogens is 2. The fourth-order valence-electron chi connectivity index (χ4n) is 5.83. The molecule has 2 rings (SSSR count). The average molecular weight is 510 g/mol. The lowest BCUT2D eigenvalue weighted by molar-refractivity contribution is -0.604. The third-order valence-corrected chi connectivity index (χ3v) is 8.20. The highest BCUT2D eigenvalue weighted by Gasteiger charge is 2.23. The van der Waals surface area contributed by atoms with E-state index in [4.69, 9.17) is 0 Å². The number of hydrogen-bond donors (Lipinski definition) is 1. The van der Waals surface area contributed by atoms with Crippen LogP contribution in [0.25, 0.3) is 5.69 Å². The molecule has 2 aromatic rings. The van der Waals surface area contributed by atoms with E-state index in [1.807, 2.05) is 0 Å². The van der Waals surface area contributed by atoms with Gasteiger partial charge in [0.25, 0.3) is 5.82 Å². The molecule has 0 radical (unpaired) electrons. The molecule has 0 aliphatic carbocycles. The number of aromatic amines is 1. The Morgan fingerprint density at radius 1 is 0.541 bits per heavy atom. The van der Waals surface area contributed by atoms with Gasteiger partial charge >= 0.3 is 0 Å². The van der Waals surface area contributed by atoms with Crippen LogP contribution in [-0.2, 0) is 0 Å². The molecule has 0 amide bonds. The van der Waals surface area contributed by atoms with Crippen molar-refractivity contribution in [2.24, 2.45) is 0 Å². The van der Waals surface area contributed by atoms with Gasteiger partial charge in [-0.15, -0.1) is 0 Å². The summed E-state index contributed by atoms with van der Waals surface area (Å²) in [7, 11) is 0. The van der Waals surface area contributed by atoms with Crippen LogP contribution in [0, 0.1) is 0 Å². The van der Waals surface area contributed by atoms with Gasteiger partial charge in [0.2, 0.25) is 0 Å². The zero-order chi connectivity index (χ0) is 26.2. The van der Waals surface area contributed by atoms with Crippen LogP contribution in [0.3, 0.4) is 0 Å². The van der Waals surface area contributed by atoms with Crippen molar-refractivity contribution >= 4 is 0 Å². The smallest absolute Gasteiger partial charge is 0.247 e. The Hall–Kier alpha value is -1.57. The first-order valence-corrected chi connectivity index (χ1v) is 16.5. The Labute approximate surface area is 231 Å². The first-order valence-electron chi connectivity index (χ1n) is 16.5. The van der Waals surface area contributed by atoms with Crippen LogP contribution < -0.4 is 4.57 Å². The monoisotopic (exact) mass is 509 g/mol. The fourth-order valence-corrected chi connectivity index (χ4v) is 5.83. The Balaban J connectivity index is 1.71. The molecule has 0 saturated carbocycles. The number of hydrogen-bond acceptors (Lipinski definition) is 0. The summed E-state index contributed by atoms with van der Waals surface area (Å²) < 4.78 is 2.40. The van der Waals surface area contributed by atoms with Gasteiger partial charge in [0.1, 0.15) is 18.1 Å². The summed E-state index contributed by atoms with van der Waals surface area (Å²) in [5, 5.41) is 0. The highest BCUT2D eigenvalue weighted by Crippen LogP contribution is 2.27. The lowest BCUT2D eigenvalue weighted by Gasteiger charge is -2.14. The molecule has 1 heterocycles. The minimum atomic E-state index is 0.641. The quantitative estimate of drug-likeness (QED) is 0.101. The van der Waals surface area contributed by atoms with E-state index < -0.39 is 0 Å². The average Bonchev–Trinajstić information content (AvgIpc) is 3.42. The molecule has 2 nitrogen and oxygen atoms in total. The largest absolute Gasteiger partial charge is 0.262 e. The summed E-state index contributed by atoms with van der Waals surface area (Å²) in [6, 6.07) is 10.9. The van der Waals surface area contributed by atoms with E-state index >= 15 is 0 Å². The molecule has 210 valence electrons. The second-order valence-corrected chi connectivity index (χ2v) is 11.5. The van der Waals surface area contributed by atoms with E-state index in [0.29, 0.717) is 5.92 Å². The van der Waals surface area contributed by atoms with Crippen molar-refractivity contribution in [3.63, 3.8) is 0 Å². The SMILES string of the molecule is CCCCCCCCCCCCC[C@H](CCCCCCCCCCCC)c1[nH]cc[n+]1-c1ccccc1. The molecule has 0 bridgehead atoms. The minimum absolute atomic E-state index is 0.641. The number of benzene rings is 1. The molecule has 2 heteroatoms. The summed E-state index contributed by atoms with van der Waals surface area (Å²) in [5.41, 5.74) is 1.28. The normalized spacial score (nSPS) is 12.3. The number of rotatable bonds is 25. The second-order valence-electron chi connectivity index (χ2n) is 11.5. The molecule has 37 heavy (non-hydrogen) atoms. The summed E-state index contributed by atoms with van der Waals surface area (Å²) in [4.78, 5) is 3.64. The van der Waals surface area contributed by atoms with E-state index in [2.05, 4.69) is 66.1 Å². The highest BCUT2D eigenvalue weighted by molar-refractivity contribution is 5.22. The standard InChI is InChI=1S/C35H60N2/c1-3-5-7-9-11-13-15-17-19-21-24-28-33(27-23-20-18-16-14-12-10-8-6-4-2)35-36-31-32-37(35)34-29-25-22-26-30-34/h22,25-26,29-33H,3-21,23-24,27-28H2,1-2H3/p+1/t33-/m0/s1. The number of para-hydroxylation sites is 1. The van der Waals surface area contributed by atoms with Crippen LogP contribution in [0.1, 0.15) is 173 Å². The molecule has 1 atom stereocenters. The van der Waals surface area contributed by atoms with Gasteiger partial charge in [-0.3, -0.25) is 0 Å². The Kier molecular flexibility index (Phi) is 19.2. The van der Waals surface area contributed by atoms with Gasteiger partial charge in [0.15, 0.2) is 0 Å². The van der Waals surface area contributed by atoms with Gasteiger partial charge in [-0.2, -0.15) is 4.57 Å². The van der Waals surface area contributed by atoms with Crippen LogP contribution in [0.2, 0.25) is 0 Å². The maximum atomic E-state index is 3.64. The zero-order valence-corrected chi connectivity index (χ0v) is 24.8. The maximum absolute atomic E-state index is 3.64. The summed E-state index contributed by atoms with van der Waals surface area (Å²) >= 11 is 0. The molecule has 0 fully saturated rings. The molecule has 0 spiro atoms. The first kappa shape index (κ1) is 31.6. The third-order valence-electron chi connectivity index (χ3n) is 8.20. The van der Waals surface area contributed by atoms with Crippen molar-refractivity contribution in [2.45, 2.75) is 167 Å². The van der Waals surface area contributed by atoms with E-state index in [1.165, 1.54) is 159 Å². The second kappa shape index (κ2) is 22.4. The van der Waals surface area contributed by atoms with Crippen molar-refractivity contribution in [1.82, 2.24) is 4.98 Å². The molecule has 0 aliphatic heterocycles. The number of nitrogens with one attached hydrogen (secondary N) is 1. The van der Waals surface area contributed by atoms with Crippen molar-refractivity contribution in [3.05, 3.63) is 48.5 Å². The molecule has 0 aliphatic rings. The fraction of sp³-hybridized carbons (Fsp3) is 0.743. The van der Waals surface area contributed by atoms with E-state index in [9.17, 15) is 0 Å². The third kappa shape index (κ3) is 14.8. The zero-order valence-electron chi connectivity index (χ0n) is 24.8. The Morgan fingerprint density at radius 3 is 1.38 bits per heavy atom. The van der Waals surface area contributed by atoms with E-state index in [-0.39, 0.29) is 0 Å². The van der Waals surface area contributed by atoms with Crippen molar-refractivity contribution in [3.8, 4) is 5.69 Å². The van der Waals surface area contributed by atoms with E-state index in [1.54, 1.807) is 0 Å². The van der Waals surface area contributed by atoms with Gasteiger partial charge in [0.05, 0.1) is 5.92 Å². The van der Waals surface area contributed by atoms with Crippen molar-refractivity contribution in [2.75, 3.05) is 0 Å². The van der Waals surface area contributed by atoms with Gasteiger partial charge in [-0.05, 0) is 25.0 Å². The van der Waals surface area contributed by atoms with Gasteiger partial charge in [0, 0.05) is 0 Å². The van der Waals surface area contributed by atoms with Crippen LogP contribution >= 0.6 is 0 Å². The molecule has 1 aromatic heterocycles. The summed E-state index contributed by atoms with van der Waals surface area (Å²) in [5.74, 6) is 2.05.